The molecule has 248 valence electrons. The van der Waals surface area contributed by atoms with E-state index < -0.39 is 15.9 Å². The molecule has 1 N–H and O–H groups in total. The van der Waals surface area contributed by atoms with Crippen LogP contribution in [0.25, 0.3) is 0 Å². The number of aromatic nitrogens is 2. The van der Waals surface area contributed by atoms with Gasteiger partial charge in [0.25, 0.3) is 15.9 Å². The average molecular weight is 675 g/mol. The van der Waals surface area contributed by atoms with Gasteiger partial charge in [0.05, 0.1) is 28.8 Å². The fraction of sp³-hybridized carbons (Fsp3) is 0.378. The Morgan fingerprint density at radius 1 is 0.979 bits per heavy atom. The zero-order chi connectivity index (χ0) is 33.4. The first-order chi connectivity index (χ1) is 22.6. The standard InChI is InChI=1S/C37H43ClN4O4S/c1-4-5-7-27-11-20-32(21-12-27)47(44,45)41-36(43)33-24-39-37(42-23-6-8-35(42)29-14-16-30(38)17-15-29)40-34(33)22-13-28-9-18-31(19-10-28)46-25-26(2)3/h9-12,14-21,24,26,35H,4-8,13,22-23,25H2,1-3H3,(H,41,43). The summed E-state index contributed by atoms with van der Waals surface area (Å²) in [7, 11) is -4.11. The van der Waals surface area contributed by atoms with E-state index in [0.717, 1.165) is 61.1 Å². The van der Waals surface area contributed by atoms with Gasteiger partial charge >= 0.3 is 0 Å². The predicted octanol–water partition coefficient (Wildman–Crippen LogP) is 7.75. The van der Waals surface area contributed by atoms with Crippen molar-refractivity contribution in [2.75, 3.05) is 18.1 Å². The van der Waals surface area contributed by atoms with Gasteiger partial charge in [-0.3, -0.25) is 4.79 Å². The molecule has 0 spiro atoms. The minimum Gasteiger partial charge on any atom is -0.493 e. The normalized spacial score (nSPS) is 14.8. The monoisotopic (exact) mass is 674 g/mol. The van der Waals surface area contributed by atoms with E-state index in [9.17, 15) is 13.2 Å². The molecule has 1 saturated heterocycles. The van der Waals surface area contributed by atoms with Gasteiger partial charge in [-0.1, -0.05) is 75.2 Å². The second-order valence-electron chi connectivity index (χ2n) is 12.5. The second-order valence-corrected chi connectivity index (χ2v) is 14.6. The van der Waals surface area contributed by atoms with Crippen molar-refractivity contribution in [1.82, 2.24) is 14.7 Å². The van der Waals surface area contributed by atoms with Gasteiger partial charge in [0.15, 0.2) is 0 Å². The van der Waals surface area contributed by atoms with Crippen LogP contribution < -0.4 is 14.4 Å². The topological polar surface area (TPSA) is 101 Å². The van der Waals surface area contributed by atoms with Crippen LogP contribution in [-0.4, -0.2) is 37.4 Å². The highest BCUT2D eigenvalue weighted by molar-refractivity contribution is 7.90. The molecule has 0 radical (unpaired) electrons. The third kappa shape index (κ3) is 9.11. The Bertz CT molecular complexity index is 1750. The highest BCUT2D eigenvalue weighted by Gasteiger charge is 2.30. The quantitative estimate of drug-likeness (QED) is 0.146. The first-order valence-electron chi connectivity index (χ1n) is 16.4. The molecule has 1 aliphatic heterocycles. The largest absolute Gasteiger partial charge is 0.493 e. The summed E-state index contributed by atoms with van der Waals surface area (Å²) in [5, 5.41) is 0.675. The molecular formula is C37H43ClN4O4S. The molecular weight excluding hydrogens is 632 g/mol. The Hall–Kier alpha value is -3.95. The van der Waals surface area contributed by atoms with Crippen LogP contribution in [0.15, 0.2) is 83.9 Å². The van der Waals surface area contributed by atoms with Crippen molar-refractivity contribution in [2.24, 2.45) is 5.92 Å². The Labute approximate surface area is 283 Å². The van der Waals surface area contributed by atoms with Crippen LogP contribution >= 0.6 is 11.6 Å². The van der Waals surface area contributed by atoms with Gasteiger partial charge in [0.2, 0.25) is 5.95 Å². The summed E-state index contributed by atoms with van der Waals surface area (Å²) < 4.78 is 34.6. The summed E-state index contributed by atoms with van der Waals surface area (Å²) >= 11 is 6.15. The van der Waals surface area contributed by atoms with Crippen LogP contribution in [0.1, 0.15) is 85.2 Å². The molecule has 10 heteroatoms. The van der Waals surface area contributed by atoms with E-state index in [0.29, 0.717) is 42.0 Å². The van der Waals surface area contributed by atoms with Gasteiger partial charge in [-0.05, 0) is 97.5 Å². The molecule has 1 fully saturated rings. The van der Waals surface area contributed by atoms with Crippen LogP contribution in [0.4, 0.5) is 5.95 Å². The van der Waals surface area contributed by atoms with Gasteiger partial charge in [-0.25, -0.2) is 23.1 Å². The number of anilines is 1. The summed E-state index contributed by atoms with van der Waals surface area (Å²) in [4.78, 5) is 25.3. The van der Waals surface area contributed by atoms with Crippen LogP contribution in [0.2, 0.25) is 5.02 Å². The molecule has 1 aliphatic rings. The lowest BCUT2D eigenvalue weighted by atomic mass is 10.0. The number of hydrogen-bond acceptors (Lipinski definition) is 7. The van der Waals surface area contributed by atoms with Gasteiger partial charge < -0.3 is 9.64 Å². The zero-order valence-electron chi connectivity index (χ0n) is 27.3. The van der Waals surface area contributed by atoms with Crippen molar-refractivity contribution in [3.63, 3.8) is 0 Å². The molecule has 1 amide bonds. The van der Waals surface area contributed by atoms with Crippen molar-refractivity contribution in [1.29, 1.82) is 0 Å². The smallest absolute Gasteiger partial charge is 0.268 e. The van der Waals surface area contributed by atoms with E-state index in [1.54, 1.807) is 24.3 Å². The minimum absolute atomic E-state index is 0.0350. The van der Waals surface area contributed by atoms with E-state index in [-0.39, 0.29) is 16.5 Å². The van der Waals surface area contributed by atoms with E-state index in [4.69, 9.17) is 21.3 Å². The lowest BCUT2D eigenvalue weighted by Gasteiger charge is -2.26. The number of aryl methyl sites for hydroxylation is 3. The molecule has 5 rings (SSSR count). The summed E-state index contributed by atoms with van der Waals surface area (Å²) in [6, 6.07) is 22.4. The highest BCUT2D eigenvalue weighted by atomic mass is 35.5. The minimum atomic E-state index is -4.11. The van der Waals surface area contributed by atoms with Crippen molar-refractivity contribution in [3.05, 3.63) is 112 Å². The van der Waals surface area contributed by atoms with Gasteiger partial charge in [0, 0.05) is 17.8 Å². The molecule has 2 heterocycles. The number of unbranched alkanes of at least 4 members (excludes halogenated alkanes) is 1. The summed E-state index contributed by atoms with van der Waals surface area (Å²) in [5.41, 5.74) is 3.84. The van der Waals surface area contributed by atoms with Crippen molar-refractivity contribution in [2.45, 2.75) is 76.7 Å². The van der Waals surface area contributed by atoms with Crippen molar-refractivity contribution >= 4 is 33.5 Å². The lowest BCUT2D eigenvalue weighted by Crippen LogP contribution is -2.32. The van der Waals surface area contributed by atoms with E-state index >= 15 is 0 Å². The number of sulfonamides is 1. The second kappa shape index (κ2) is 15.8. The van der Waals surface area contributed by atoms with Crippen LogP contribution in [0.3, 0.4) is 0 Å². The number of nitrogens with one attached hydrogen (secondary N) is 1. The number of halogens is 1. The molecule has 1 unspecified atom stereocenters. The molecule has 1 atom stereocenters. The Morgan fingerprint density at radius 3 is 2.34 bits per heavy atom. The first kappa shape index (κ1) is 34.4. The van der Waals surface area contributed by atoms with Gasteiger partial charge in [-0.2, -0.15) is 0 Å². The maximum absolute atomic E-state index is 13.6. The molecule has 3 aromatic carbocycles. The number of ether oxygens (including phenoxy) is 1. The third-order valence-corrected chi connectivity index (χ3v) is 9.90. The number of amides is 1. The van der Waals surface area contributed by atoms with Crippen LogP contribution in [-0.2, 0) is 29.3 Å². The summed E-state index contributed by atoms with van der Waals surface area (Å²) in [6.45, 7) is 7.72. The lowest BCUT2D eigenvalue weighted by molar-refractivity contribution is 0.0979. The number of nitrogens with zero attached hydrogens (tertiary/aromatic N) is 3. The Morgan fingerprint density at radius 2 is 1.66 bits per heavy atom. The van der Waals surface area contributed by atoms with E-state index in [1.807, 2.05) is 48.5 Å². The maximum atomic E-state index is 13.6. The average Bonchev–Trinajstić information content (AvgIpc) is 3.56. The third-order valence-electron chi connectivity index (χ3n) is 8.30. The fourth-order valence-electron chi connectivity index (χ4n) is 5.69. The predicted molar refractivity (Wildman–Crippen MR) is 187 cm³/mol. The molecule has 0 aliphatic carbocycles. The molecule has 4 aromatic rings. The zero-order valence-corrected chi connectivity index (χ0v) is 28.9. The fourth-order valence-corrected chi connectivity index (χ4v) is 6.79. The molecule has 47 heavy (non-hydrogen) atoms. The number of rotatable bonds is 14. The molecule has 0 bridgehead atoms. The SMILES string of the molecule is CCCCc1ccc(S(=O)(=O)NC(=O)c2cnc(N3CCCC3c3ccc(Cl)cc3)nc2CCc2ccc(OCC(C)C)cc2)cc1. The molecule has 8 nitrogen and oxygen atoms in total. The number of carbonyl (C=O) groups excluding carboxylic acids is 1. The molecule has 1 aromatic heterocycles. The van der Waals surface area contributed by atoms with E-state index in [2.05, 4.69) is 35.4 Å². The maximum Gasteiger partial charge on any atom is 0.268 e. The first-order valence-corrected chi connectivity index (χ1v) is 18.2. The van der Waals surface area contributed by atoms with Crippen LogP contribution in [0.5, 0.6) is 5.75 Å². The van der Waals surface area contributed by atoms with Crippen molar-refractivity contribution in [3.8, 4) is 5.75 Å². The van der Waals surface area contributed by atoms with Gasteiger partial charge in [-0.15, -0.1) is 0 Å². The number of hydrogen-bond donors (Lipinski definition) is 1. The van der Waals surface area contributed by atoms with Gasteiger partial charge in [0.1, 0.15) is 5.75 Å². The van der Waals surface area contributed by atoms with Crippen molar-refractivity contribution < 1.29 is 17.9 Å². The molecule has 0 saturated carbocycles. The summed E-state index contributed by atoms with van der Waals surface area (Å²) in [6.07, 6.45) is 7.31. The van der Waals surface area contributed by atoms with E-state index in [1.165, 1.54) is 6.20 Å². The number of carbonyl (C=O) groups is 1. The number of benzene rings is 3. The Balaban J connectivity index is 1.39. The summed E-state index contributed by atoms with van der Waals surface area (Å²) in [5.74, 6) is 0.986. The Kier molecular flexibility index (Phi) is 11.5. The van der Waals surface area contributed by atoms with Crippen LogP contribution in [0, 0.1) is 5.92 Å². The highest BCUT2D eigenvalue weighted by Crippen LogP contribution is 2.35.